The van der Waals surface area contributed by atoms with Gasteiger partial charge in [-0.2, -0.15) is 21.6 Å². The van der Waals surface area contributed by atoms with Crippen molar-refractivity contribution in [2.45, 2.75) is 57.9 Å². The first-order chi connectivity index (χ1) is 10.3. The van der Waals surface area contributed by atoms with Crippen LogP contribution in [0.25, 0.3) is 0 Å². The number of halogens is 3. The third-order valence-corrected chi connectivity index (χ3v) is 4.26. The van der Waals surface area contributed by atoms with Gasteiger partial charge in [0.05, 0.1) is 6.61 Å². The number of hydrogen-bond donors (Lipinski definition) is 1. The number of hydrogen-bond acceptors (Lipinski definition) is 5. The Labute approximate surface area is 133 Å². The minimum atomic E-state index is -4.82. The molecule has 0 aliphatic heterocycles. The summed E-state index contributed by atoms with van der Waals surface area (Å²) < 4.78 is 68.1. The summed E-state index contributed by atoms with van der Waals surface area (Å²) in [5.74, 6) is -2.22. The molecule has 2 atom stereocenters. The van der Waals surface area contributed by atoms with Gasteiger partial charge in [0.1, 0.15) is 5.60 Å². The fourth-order valence-electron chi connectivity index (χ4n) is 2.27. The van der Waals surface area contributed by atoms with Crippen molar-refractivity contribution in [3.8, 4) is 0 Å². The summed E-state index contributed by atoms with van der Waals surface area (Å²) >= 11 is 0. The van der Waals surface area contributed by atoms with Crippen LogP contribution in [0.3, 0.4) is 0 Å². The largest absolute Gasteiger partial charge is 0.444 e. The van der Waals surface area contributed by atoms with Crippen LogP contribution in [0.4, 0.5) is 18.0 Å². The highest BCUT2D eigenvalue weighted by molar-refractivity contribution is 7.86. The maximum Gasteiger partial charge on any atom is 0.407 e. The molecule has 0 heterocycles. The Balaban J connectivity index is 2.37. The van der Waals surface area contributed by atoms with E-state index >= 15 is 0 Å². The molecule has 0 saturated heterocycles. The maximum atomic E-state index is 12.1. The third-order valence-electron chi connectivity index (χ3n) is 3.09. The molecule has 23 heavy (non-hydrogen) atoms. The number of amides is 1. The Hall–Kier alpha value is -1.03. The molecule has 0 aromatic heterocycles. The molecule has 1 rings (SSSR count). The van der Waals surface area contributed by atoms with Crippen LogP contribution in [0.15, 0.2) is 0 Å². The van der Waals surface area contributed by atoms with E-state index in [1.54, 1.807) is 20.8 Å². The first-order valence-electron chi connectivity index (χ1n) is 7.19. The lowest BCUT2D eigenvalue weighted by Crippen LogP contribution is -2.38. The zero-order valence-corrected chi connectivity index (χ0v) is 14.1. The predicted molar refractivity (Wildman–Crippen MR) is 76.3 cm³/mol. The lowest BCUT2D eigenvalue weighted by molar-refractivity contribution is -0.107. The number of carbonyl (C=O) groups excluding carboxylic acids is 1. The van der Waals surface area contributed by atoms with E-state index in [-0.39, 0.29) is 18.6 Å². The molecule has 1 aliphatic carbocycles. The lowest BCUT2D eigenvalue weighted by atomic mass is 10.1. The first-order valence-corrected chi connectivity index (χ1v) is 8.77. The summed E-state index contributed by atoms with van der Waals surface area (Å²) in [5, 5.41) is 2.65. The topological polar surface area (TPSA) is 81.7 Å². The van der Waals surface area contributed by atoms with Gasteiger partial charge >= 0.3 is 12.3 Å². The van der Waals surface area contributed by atoms with Crippen LogP contribution >= 0.6 is 0 Å². The number of nitrogens with one attached hydrogen (secondary N) is 1. The van der Waals surface area contributed by atoms with E-state index in [9.17, 15) is 26.4 Å². The van der Waals surface area contributed by atoms with Crippen LogP contribution in [-0.4, -0.2) is 44.7 Å². The van der Waals surface area contributed by atoms with Crippen molar-refractivity contribution in [3.05, 3.63) is 0 Å². The van der Waals surface area contributed by atoms with Gasteiger partial charge in [0.2, 0.25) is 0 Å². The predicted octanol–water partition coefficient (Wildman–Crippen LogP) is 2.59. The van der Waals surface area contributed by atoms with E-state index in [1.807, 2.05) is 0 Å². The summed E-state index contributed by atoms with van der Waals surface area (Å²) in [5.41, 5.74) is -0.628. The average Bonchev–Trinajstić information content (AvgIpc) is 2.68. The van der Waals surface area contributed by atoms with E-state index in [2.05, 4.69) is 9.50 Å². The molecular weight excluding hydrogens is 339 g/mol. The van der Waals surface area contributed by atoms with Gasteiger partial charge < -0.3 is 10.1 Å². The molecule has 136 valence electrons. The van der Waals surface area contributed by atoms with Crippen LogP contribution in [0.5, 0.6) is 0 Å². The zero-order chi connectivity index (χ0) is 17.9. The van der Waals surface area contributed by atoms with Crippen molar-refractivity contribution < 1.29 is 35.3 Å². The van der Waals surface area contributed by atoms with Gasteiger partial charge in [-0.25, -0.2) is 4.79 Å². The molecule has 0 radical (unpaired) electrons. The van der Waals surface area contributed by atoms with Crippen molar-refractivity contribution in [3.63, 3.8) is 0 Å². The standard InChI is InChI=1S/C13H22F3NO5S/c1-12(2,3)22-11(18)17-10-5-4-9(6-10)7-21-23(19,20)8-13(14,15)16/h9-10H,4-8H2,1-3H3,(H,17,18)/t9?,10-/m0/s1. The molecule has 1 fully saturated rings. The summed E-state index contributed by atoms with van der Waals surface area (Å²) in [4.78, 5) is 11.6. The molecule has 1 unspecified atom stereocenters. The lowest BCUT2D eigenvalue weighted by Gasteiger charge is -2.21. The summed E-state index contributed by atoms with van der Waals surface area (Å²) in [6, 6.07) is -0.205. The van der Waals surface area contributed by atoms with Crippen molar-refractivity contribution in [1.29, 1.82) is 0 Å². The third kappa shape index (κ3) is 8.99. The fraction of sp³-hybridized carbons (Fsp3) is 0.923. The molecule has 0 spiro atoms. The normalized spacial score (nSPS) is 22.9. The SMILES string of the molecule is CC(C)(C)OC(=O)N[C@H]1CCC(COS(=O)(=O)CC(F)(F)F)C1. The minimum Gasteiger partial charge on any atom is -0.444 e. The first kappa shape index (κ1) is 20.0. The van der Waals surface area contributed by atoms with E-state index in [1.165, 1.54) is 0 Å². The van der Waals surface area contributed by atoms with Crippen molar-refractivity contribution in [1.82, 2.24) is 5.32 Å². The van der Waals surface area contributed by atoms with Gasteiger partial charge in [0.25, 0.3) is 10.1 Å². The molecule has 0 bridgehead atoms. The van der Waals surface area contributed by atoms with E-state index in [4.69, 9.17) is 4.74 Å². The van der Waals surface area contributed by atoms with Crippen molar-refractivity contribution in [2.24, 2.45) is 5.92 Å². The Kier molecular flexibility index (Phi) is 6.31. The second kappa shape index (κ2) is 7.25. The molecular formula is C13H22F3NO5S. The zero-order valence-electron chi connectivity index (χ0n) is 13.3. The van der Waals surface area contributed by atoms with Gasteiger partial charge in [-0.05, 0) is 46.0 Å². The fourth-order valence-corrected chi connectivity index (χ4v) is 3.16. The van der Waals surface area contributed by atoms with Gasteiger partial charge in [-0.1, -0.05) is 0 Å². The highest BCUT2D eigenvalue weighted by Gasteiger charge is 2.37. The Bertz CT molecular complexity index is 513. The summed E-state index contributed by atoms with van der Waals surface area (Å²) in [7, 11) is -4.63. The van der Waals surface area contributed by atoms with E-state index in [0.29, 0.717) is 19.3 Å². The second-order valence-corrected chi connectivity index (χ2v) is 8.26. The van der Waals surface area contributed by atoms with Gasteiger partial charge in [0, 0.05) is 6.04 Å². The van der Waals surface area contributed by atoms with Gasteiger partial charge in [0.15, 0.2) is 5.75 Å². The van der Waals surface area contributed by atoms with Crippen LogP contribution in [-0.2, 0) is 19.0 Å². The van der Waals surface area contributed by atoms with Crippen LogP contribution < -0.4 is 5.32 Å². The molecule has 1 N–H and O–H groups in total. The summed E-state index contributed by atoms with van der Waals surface area (Å²) in [6.45, 7) is 4.86. The maximum absolute atomic E-state index is 12.1. The number of alkyl halides is 3. The molecule has 1 saturated carbocycles. The monoisotopic (exact) mass is 361 g/mol. The number of ether oxygens (including phenoxy) is 1. The van der Waals surface area contributed by atoms with E-state index < -0.39 is 33.7 Å². The molecule has 0 aromatic carbocycles. The second-order valence-electron chi connectivity index (χ2n) is 6.62. The van der Waals surface area contributed by atoms with Crippen LogP contribution in [0.2, 0.25) is 0 Å². The Morgan fingerprint density at radius 1 is 1.22 bits per heavy atom. The van der Waals surface area contributed by atoms with Crippen molar-refractivity contribution >= 4 is 16.2 Å². The van der Waals surface area contributed by atoms with E-state index in [0.717, 1.165) is 0 Å². The van der Waals surface area contributed by atoms with Crippen LogP contribution in [0, 0.1) is 5.92 Å². The minimum absolute atomic E-state index is 0.205. The van der Waals surface area contributed by atoms with Crippen molar-refractivity contribution in [2.75, 3.05) is 12.4 Å². The van der Waals surface area contributed by atoms with Gasteiger partial charge in [-0.3, -0.25) is 4.18 Å². The highest BCUT2D eigenvalue weighted by atomic mass is 32.2. The molecule has 1 amide bonds. The quantitative estimate of drug-likeness (QED) is 0.761. The van der Waals surface area contributed by atoms with Gasteiger partial charge in [-0.15, -0.1) is 0 Å². The number of rotatable bonds is 5. The number of carbonyl (C=O) groups is 1. The molecule has 0 aromatic rings. The molecule has 10 heteroatoms. The Morgan fingerprint density at radius 2 is 1.83 bits per heavy atom. The smallest absolute Gasteiger partial charge is 0.407 e. The highest BCUT2D eigenvalue weighted by Crippen LogP contribution is 2.27. The molecule has 1 aliphatic rings. The van der Waals surface area contributed by atoms with Crippen LogP contribution in [0.1, 0.15) is 40.0 Å². The number of alkyl carbamates (subject to hydrolysis) is 1. The molecule has 6 nitrogen and oxygen atoms in total. The Morgan fingerprint density at radius 3 is 2.35 bits per heavy atom. The summed E-state index contributed by atoms with van der Waals surface area (Å²) in [6.07, 6.45) is -3.82. The average molecular weight is 361 g/mol.